The van der Waals surface area contributed by atoms with Crippen LogP contribution < -0.4 is 16.8 Å². The largest absolute Gasteiger partial charge is 0.366 e. The van der Waals surface area contributed by atoms with Crippen molar-refractivity contribution in [3.8, 4) is 0 Å². The average Bonchev–Trinajstić information content (AvgIpc) is 2.53. The lowest BCUT2D eigenvalue weighted by atomic mass is 9.81. The Bertz CT molecular complexity index is 508. The molecule has 0 radical (unpaired) electrons. The van der Waals surface area contributed by atoms with Gasteiger partial charge in [0.1, 0.15) is 0 Å². The Morgan fingerprint density at radius 2 is 1.90 bits per heavy atom. The fourth-order valence-electron chi connectivity index (χ4n) is 2.83. The summed E-state index contributed by atoms with van der Waals surface area (Å²) in [6.45, 7) is 1.14. The number of carbonyl (C=O) groups is 2. The van der Waals surface area contributed by atoms with Gasteiger partial charge in [-0.25, -0.2) is 0 Å². The first kappa shape index (κ1) is 15.5. The van der Waals surface area contributed by atoms with E-state index in [1.54, 1.807) is 18.2 Å². The van der Waals surface area contributed by atoms with Crippen LogP contribution >= 0.6 is 0 Å². The molecule has 5 nitrogen and oxygen atoms in total. The summed E-state index contributed by atoms with van der Waals surface area (Å²) in [6, 6.07) is 7.03. The summed E-state index contributed by atoms with van der Waals surface area (Å²) in [5, 5.41) is 2.95. The molecule has 1 aliphatic carbocycles. The maximum absolute atomic E-state index is 12.2. The molecule has 0 aromatic heterocycles. The van der Waals surface area contributed by atoms with Crippen molar-refractivity contribution in [2.45, 2.75) is 32.2 Å². The number of nitrogens with one attached hydrogen (secondary N) is 1. The third-order valence-corrected chi connectivity index (χ3v) is 4.23. The van der Waals surface area contributed by atoms with E-state index in [9.17, 15) is 9.59 Å². The summed E-state index contributed by atoms with van der Waals surface area (Å²) >= 11 is 0. The van der Waals surface area contributed by atoms with Crippen LogP contribution in [0.1, 0.15) is 41.6 Å². The first-order valence-corrected chi connectivity index (χ1v) is 7.46. The van der Waals surface area contributed by atoms with Gasteiger partial charge in [0.15, 0.2) is 0 Å². The van der Waals surface area contributed by atoms with Gasteiger partial charge in [-0.1, -0.05) is 12.1 Å². The van der Waals surface area contributed by atoms with Crippen molar-refractivity contribution in [3.63, 3.8) is 0 Å². The lowest BCUT2D eigenvalue weighted by Crippen LogP contribution is -2.34. The summed E-state index contributed by atoms with van der Waals surface area (Å²) in [6.07, 6.45) is 3.89. The van der Waals surface area contributed by atoms with Gasteiger partial charge in [0.25, 0.3) is 0 Å². The minimum Gasteiger partial charge on any atom is -0.366 e. The molecule has 5 heteroatoms. The van der Waals surface area contributed by atoms with E-state index in [-0.39, 0.29) is 11.8 Å². The molecule has 0 unspecified atom stereocenters. The Balaban J connectivity index is 1.84. The minimum absolute atomic E-state index is 0.0899. The maximum atomic E-state index is 12.2. The first-order chi connectivity index (χ1) is 10.1. The fourth-order valence-corrected chi connectivity index (χ4v) is 2.83. The standard InChI is InChI=1S/C16H23N3O2/c17-9-11-4-6-13(7-5-11)16(21)19-10-12-2-1-3-14(8-12)15(18)20/h1-3,8,11,13H,4-7,9-10,17H2,(H2,18,20)(H,19,21). The van der Waals surface area contributed by atoms with E-state index in [1.807, 2.05) is 6.07 Å². The second-order valence-electron chi connectivity index (χ2n) is 5.74. The summed E-state index contributed by atoms with van der Waals surface area (Å²) in [4.78, 5) is 23.3. The summed E-state index contributed by atoms with van der Waals surface area (Å²) < 4.78 is 0. The van der Waals surface area contributed by atoms with Gasteiger partial charge in [-0.3, -0.25) is 9.59 Å². The third-order valence-electron chi connectivity index (χ3n) is 4.23. The Morgan fingerprint density at radius 1 is 1.19 bits per heavy atom. The molecule has 1 aromatic rings. The Labute approximate surface area is 125 Å². The molecular formula is C16H23N3O2. The quantitative estimate of drug-likeness (QED) is 0.758. The van der Waals surface area contributed by atoms with Crippen LogP contribution in [0.15, 0.2) is 24.3 Å². The molecule has 0 atom stereocenters. The van der Waals surface area contributed by atoms with Gasteiger partial charge in [0, 0.05) is 18.0 Å². The van der Waals surface area contributed by atoms with Gasteiger partial charge in [0.05, 0.1) is 0 Å². The zero-order valence-electron chi connectivity index (χ0n) is 12.2. The van der Waals surface area contributed by atoms with E-state index in [1.165, 1.54) is 0 Å². The van der Waals surface area contributed by atoms with Crippen molar-refractivity contribution >= 4 is 11.8 Å². The van der Waals surface area contributed by atoms with Crippen LogP contribution in [0.3, 0.4) is 0 Å². The van der Waals surface area contributed by atoms with E-state index in [0.29, 0.717) is 24.6 Å². The summed E-state index contributed by atoms with van der Waals surface area (Å²) in [5.41, 5.74) is 12.3. The second-order valence-corrected chi connectivity index (χ2v) is 5.74. The SMILES string of the molecule is NCC1CCC(C(=O)NCc2cccc(C(N)=O)c2)CC1. The molecular weight excluding hydrogens is 266 g/mol. The highest BCUT2D eigenvalue weighted by Crippen LogP contribution is 2.28. The molecule has 0 saturated heterocycles. The van der Waals surface area contributed by atoms with Gasteiger partial charge in [-0.05, 0) is 55.8 Å². The monoisotopic (exact) mass is 289 g/mol. The van der Waals surface area contributed by atoms with Crippen LogP contribution in [0.4, 0.5) is 0 Å². The number of nitrogens with two attached hydrogens (primary N) is 2. The van der Waals surface area contributed by atoms with Crippen LogP contribution in [0.25, 0.3) is 0 Å². The third kappa shape index (κ3) is 4.29. The Morgan fingerprint density at radius 3 is 2.52 bits per heavy atom. The number of amides is 2. The molecule has 114 valence electrons. The van der Waals surface area contributed by atoms with Crippen LogP contribution in [0, 0.1) is 11.8 Å². The van der Waals surface area contributed by atoms with Crippen LogP contribution in [-0.4, -0.2) is 18.4 Å². The number of rotatable bonds is 5. The smallest absolute Gasteiger partial charge is 0.248 e. The van der Waals surface area contributed by atoms with E-state index in [2.05, 4.69) is 5.32 Å². The Kier molecular flexibility index (Phi) is 5.33. The number of hydrogen-bond donors (Lipinski definition) is 3. The molecule has 5 N–H and O–H groups in total. The van der Waals surface area contributed by atoms with Crippen molar-refractivity contribution in [1.29, 1.82) is 0 Å². The van der Waals surface area contributed by atoms with Crippen molar-refractivity contribution < 1.29 is 9.59 Å². The molecule has 0 aliphatic heterocycles. The number of benzene rings is 1. The molecule has 1 fully saturated rings. The van der Waals surface area contributed by atoms with Crippen LogP contribution in [0.5, 0.6) is 0 Å². The first-order valence-electron chi connectivity index (χ1n) is 7.46. The molecule has 2 rings (SSSR count). The molecule has 1 aromatic carbocycles. The lowest BCUT2D eigenvalue weighted by Gasteiger charge is -2.26. The van der Waals surface area contributed by atoms with Crippen molar-refractivity contribution in [2.75, 3.05) is 6.54 Å². The minimum atomic E-state index is -0.455. The van der Waals surface area contributed by atoms with Gasteiger partial charge in [-0.2, -0.15) is 0 Å². The van der Waals surface area contributed by atoms with E-state index in [4.69, 9.17) is 11.5 Å². The highest BCUT2D eigenvalue weighted by Gasteiger charge is 2.25. The molecule has 0 bridgehead atoms. The van der Waals surface area contributed by atoms with Crippen molar-refractivity contribution in [2.24, 2.45) is 23.3 Å². The predicted molar refractivity (Wildman–Crippen MR) is 81.3 cm³/mol. The van der Waals surface area contributed by atoms with Crippen molar-refractivity contribution in [3.05, 3.63) is 35.4 Å². The normalized spacial score (nSPS) is 21.8. The van der Waals surface area contributed by atoms with Crippen molar-refractivity contribution in [1.82, 2.24) is 5.32 Å². The van der Waals surface area contributed by atoms with E-state index >= 15 is 0 Å². The van der Waals surface area contributed by atoms with Crippen LogP contribution in [0.2, 0.25) is 0 Å². The average molecular weight is 289 g/mol. The number of carbonyl (C=O) groups excluding carboxylic acids is 2. The van der Waals surface area contributed by atoms with Gasteiger partial charge >= 0.3 is 0 Å². The van der Waals surface area contributed by atoms with E-state index in [0.717, 1.165) is 31.2 Å². The molecule has 0 heterocycles. The predicted octanol–water partition coefficient (Wildman–Crippen LogP) is 1.17. The number of primary amides is 1. The topological polar surface area (TPSA) is 98.2 Å². The molecule has 0 spiro atoms. The summed E-state index contributed by atoms with van der Waals surface area (Å²) in [7, 11) is 0. The van der Waals surface area contributed by atoms with Gasteiger partial charge in [-0.15, -0.1) is 0 Å². The lowest BCUT2D eigenvalue weighted by molar-refractivity contribution is -0.126. The maximum Gasteiger partial charge on any atom is 0.248 e. The highest BCUT2D eigenvalue weighted by atomic mass is 16.2. The van der Waals surface area contributed by atoms with Gasteiger partial charge in [0.2, 0.25) is 11.8 Å². The zero-order valence-corrected chi connectivity index (χ0v) is 12.2. The zero-order chi connectivity index (χ0) is 15.2. The second kappa shape index (κ2) is 7.22. The van der Waals surface area contributed by atoms with E-state index < -0.39 is 5.91 Å². The highest BCUT2D eigenvalue weighted by molar-refractivity contribution is 5.92. The molecule has 2 amide bonds. The molecule has 21 heavy (non-hydrogen) atoms. The molecule has 1 saturated carbocycles. The fraction of sp³-hybridized carbons (Fsp3) is 0.500. The summed E-state index contributed by atoms with van der Waals surface area (Å²) in [5.74, 6) is 0.298. The molecule has 1 aliphatic rings. The van der Waals surface area contributed by atoms with Crippen LogP contribution in [-0.2, 0) is 11.3 Å². The Hall–Kier alpha value is -1.88. The number of hydrogen-bond acceptors (Lipinski definition) is 3. The van der Waals surface area contributed by atoms with Gasteiger partial charge < -0.3 is 16.8 Å².